The molecule has 2 heterocycles. The van der Waals surface area contributed by atoms with Gasteiger partial charge < -0.3 is 5.32 Å². The zero-order chi connectivity index (χ0) is 11.7. The molecule has 0 amide bonds. The summed E-state index contributed by atoms with van der Waals surface area (Å²) in [4.78, 5) is 0. The van der Waals surface area contributed by atoms with Gasteiger partial charge >= 0.3 is 0 Å². The zero-order valence-corrected chi connectivity index (χ0v) is 9.87. The molecule has 6 nitrogen and oxygen atoms in total. The van der Waals surface area contributed by atoms with Crippen LogP contribution in [-0.4, -0.2) is 30.8 Å². The van der Waals surface area contributed by atoms with Crippen molar-refractivity contribution in [2.75, 3.05) is 0 Å². The lowest BCUT2D eigenvalue weighted by Crippen LogP contribution is -2.14. The molecule has 0 radical (unpaired) electrons. The van der Waals surface area contributed by atoms with Gasteiger partial charge in [-0.05, 0) is 12.8 Å². The lowest BCUT2D eigenvalue weighted by molar-refractivity contribution is 0.662. The van der Waals surface area contributed by atoms with Crippen molar-refractivity contribution < 1.29 is 0 Å². The van der Waals surface area contributed by atoms with Gasteiger partial charge in [0.15, 0.2) is 0 Å². The lowest BCUT2D eigenvalue weighted by atomic mass is 10.3. The van der Waals surface area contributed by atoms with Crippen molar-refractivity contribution >= 4 is 0 Å². The van der Waals surface area contributed by atoms with Crippen LogP contribution in [0.1, 0.15) is 24.1 Å². The van der Waals surface area contributed by atoms with Crippen LogP contribution in [0.3, 0.4) is 0 Å². The van der Waals surface area contributed by atoms with Crippen molar-refractivity contribution in [1.29, 1.82) is 0 Å². The minimum atomic E-state index is 0.678. The van der Waals surface area contributed by atoms with E-state index in [1.165, 1.54) is 18.4 Å². The van der Waals surface area contributed by atoms with Gasteiger partial charge in [-0.2, -0.15) is 5.10 Å². The van der Waals surface area contributed by atoms with E-state index in [2.05, 4.69) is 26.9 Å². The minimum absolute atomic E-state index is 0.678. The summed E-state index contributed by atoms with van der Waals surface area (Å²) in [6, 6.07) is 0.735. The summed E-state index contributed by atoms with van der Waals surface area (Å²) in [5.41, 5.74) is 2.15. The second-order valence-corrected chi connectivity index (χ2v) is 4.58. The molecule has 0 saturated heterocycles. The fourth-order valence-corrected chi connectivity index (χ4v) is 1.77. The molecule has 1 aliphatic carbocycles. The SMILES string of the molecule is Cn1cc(Cn2cc(CNC3CC3)cn2)nn1. The predicted molar refractivity (Wildman–Crippen MR) is 62.2 cm³/mol. The fourth-order valence-electron chi connectivity index (χ4n) is 1.77. The molecule has 0 aliphatic heterocycles. The Balaban J connectivity index is 1.59. The first-order valence-corrected chi connectivity index (χ1v) is 5.89. The molecule has 17 heavy (non-hydrogen) atoms. The van der Waals surface area contributed by atoms with Crippen LogP contribution >= 0.6 is 0 Å². The Morgan fingerprint density at radius 3 is 3.00 bits per heavy atom. The summed E-state index contributed by atoms with van der Waals surface area (Å²) in [5, 5.41) is 15.7. The molecular formula is C11H16N6. The lowest BCUT2D eigenvalue weighted by Gasteiger charge is -1.98. The maximum absolute atomic E-state index is 4.32. The molecule has 0 unspecified atom stereocenters. The maximum Gasteiger partial charge on any atom is 0.104 e. The largest absolute Gasteiger partial charge is 0.310 e. The molecule has 0 aromatic carbocycles. The van der Waals surface area contributed by atoms with Crippen molar-refractivity contribution in [2.45, 2.75) is 32.0 Å². The predicted octanol–water partition coefficient (Wildman–Crippen LogP) is 0.312. The molecule has 1 aliphatic rings. The van der Waals surface area contributed by atoms with Crippen LogP contribution in [-0.2, 0) is 20.1 Å². The topological polar surface area (TPSA) is 60.6 Å². The van der Waals surface area contributed by atoms with E-state index >= 15 is 0 Å². The van der Waals surface area contributed by atoms with Gasteiger partial charge in [-0.15, -0.1) is 5.10 Å². The summed E-state index contributed by atoms with van der Waals surface area (Å²) in [6.07, 6.45) is 8.50. The van der Waals surface area contributed by atoms with Crippen molar-refractivity contribution in [3.8, 4) is 0 Å². The highest BCUT2D eigenvalue weighted by atomic mass is 15.4. The molecular weight excluding hydrogens is 216 g/mol. The monoisotopic (exact) mass is 232 g/mol. The number of nitrogens with one attached hydrogen (secondary N) is 1. The number of aryl methyl sites for hydroxylation is 1. The van der Waals surface area contributed by atoms with E-state index in [1.54, 1.807) is 4.68 Å². The van der Waals surface area contributed by atoms with E-state index < -0.39 is 0 Å². The number of aromatic nitrogens is 5. The van der Waals surface area contributed by atoms with Crippen LogP contribution in [0.5, 0.6) is 0 Å². The Labute approximate surface area is 99.6 Å². The summed E-state index contributed by atoms with van der Waals surface area (Å²) in [7, 11) is 1.87. The van der Waals surface area contributed by atoms with Crippen LogP contribution < -0.4 is 5.32 Å². The van der Waals surface area contributed by atoms with Gasteiger partial charge in [-0.3, -0.25) is 9.36 Å². The van der Waals surface area contributed by atoms with Crippen molar-refractivity contribution in [2.24, 2.45) is 7.05 Å². The number of hydrogen-bond donors (Lipinski definition) is 1. The molecule has 2 aromatic rings. The maximum atomic E-state index is 4.32. The molecule has 0 atom stereocenters. The highest BCUT2D eigenvalue weighted by Gasteiger charge is 2.20. The van der Waals surface area contributed by atoms with Crippen LogP contribution in [0.4, 0.5) is 0 Å². The highest BCUT2D eigenvalue weighted by Crippen LogP contribution is 2.19. The number of hydrogen-bond acceptors (Lipinski definition) is 4. The third-order valence-electron chi connectivity index (χ3n) is 2.83. The zero-order valence-electron chi connectivity index (χ0n) is 9.87. The molecule has 2 aromatic heterocycles. The van der Waals surface area contributed by atoms with Crippen LogP contribution in [0, 0.1) is 0 Å². The van der Waals surface area contributed by atoms with Gasteiger partial charge in [0.1, 0.15) is 5.69 Å². The molecule has 1 N–H and O–H groups in total. The first-order valence-electron chi connectivity index (χ1n) is 5.89. The fraction of sp³-hybridized carbons (Fsp3) is 0.545. The summed E-state index contributed by atoms with van der Waals surface area (Å²) in [5.74, 6) is 0. The van der Waals surface area contributed by atoms with E-state index in [0.717, 1.165) is 18.3 Å². The van der Waals surface area contributed by atoms with Gasteiger partial charge in [0.05, 0.1) is 12.7 Å². The van der Waals surface area contributed by atoms with E-state index in [-0.39, 0.29) is 0 Å². The third kappa shape index (κ3) is 2.71. The Morgan fingerprint density at radius 2 is 2.29 bits per heavy atom. The first-order chi connectivity index (χ1) is 8.29. The second-order valence-electron chi connectivity index (χ2n) is 4.58. The van der Waals surface area contributed by atoms with Crippen LogP contribution in [0.25, 0.3) is 0 Å². The quantitative estimate of drug-likeness (QED) is 0.806. The average molecular weight is 232 g/mol. The van der Waals surface area contributed by atoms with Gasteiger partial charge in [-0.1, -0.05) is 5.21 Å². The van der Waals surface area contributed by atoms with Crippen molar-refractivity contribution in [3.05, 3.63) is 29.8 Å². The van der Waals surface area contributed by atoms with E-state index in [1.807, 2.05) is 24.1 Å². The molecule has 1 fully saturated rings. The Hall–Kier alpha value is -1.69. The Bertz CT molecular complexity index is 496. The standard InChI is InChI=1S/C11H16N6/c1-16-7-11(14-15-16)8-17-6-9(5-13-17)4-12-10-2-3-10/h5-7,10,12H,2-4,8H2,1H3. The van der Waals surface area contributed by atoms with Gasteiger partial charge in [0.25, 0.3) is 0 Å². The molecule has 6 heteroatoms. The third-order valence-corrected chi connectivity index (χ3v) is 2.83. The summed E-state index contributed by atoms with van der Waals surface area (Å²) in [6.45, 7) is 1.59. The van der Waals surface area contributed by atoms with E-state index in [4.69, 9.17) is 0 Å². The van der Waals surface area contributed by atoms with E-state index in [9.17, 15) is 0 Å². The van der Waals surface area contributed by atoms with Crippen LogP contribution in [0.2, 0.25) is 0 Å². The normalized spacial score (nSPS) is 15.4. The Morgan fingerprint density at radius 1 is 1.41 bits per heavy atom. The van der Waals surface area contributed by atoms with Crippen molar-refractivity contribution in [3.63, 3.8) is 0 Å². The smallest absolute Gasteiger partial charge is 0.104 e. The van der Waals surface area contributed by atoms with Gasteiger partial charge in [0, 0.05) is 37.6 Å². The minimum Gasteiger partial charge on any atom is -0.310 e. The Kier molecular flexibility index (Phi) is 2.64. The molecule has 0 bridgehead atoms. The second kappa shape index (κ2) is 4.29. The number of rotatable bonds is 5. The van der Waals surface area contributed by atoms with Crippen LogP contribution in [0.15, 0.2) is 18.6 Å². The molecule has 1 saturated carbocycles. The van der Waals surface area contributed by atoms with Gasteiger partial charge in [-0.25, -0.2) is 0 Å². The highest BCUT2D eigenvalue weighted by molar-refractivity contribution is 5.06. The summed E-state index contributed by atoms with van der Waals surface area (Å²) >= 11 is 0. The number of nitrogens with zero attached hydrogens (tertiary/aromatic N) is 5. The molecule has 90 valence electrons. The first kappa shape index (κ1) is 10.5. The summed E-state index contributed by atoms with van der Waals surface area (Å²) < 4.78 is 3.60. The van der Waals surface area contributed by atoms with E-state index in [0.29, 0.717) is 6.54 Å². The average Bonchev–Trinajstić information content (AvgIpc) is 2.90. The molecule has 3 rings (SSSR count). The van der Waals surface area contributed by atoms with Crippen molar-refractivity contribution in [1.82, 2.24) is 30.1 Å². The molecule has 0 spiro atoms. The van der Waals surface area contributed by atoms with Gasteiger partial charge in [0.2, 0.25) is 0 Å².